The molecule has 0 saturated carbocycles. The number of rotatable bonds is 51. The summed E-state index contributed by atoms with van der Waals surface area (Å²) in [6.07, 6.45) is 53.0. The van der Waals surface area contributed by atoms with Crippen LogP contribution in [-0.2, 0) is 14.3 Å². The summed E-state index contributed by atoms with van der Waals surface area (Å²) in [7, 11) is 0. The molecule has 0 aromatic rings. The average molecular weight is 953 g/mol. The minimum Gasteiger partial charge on any atom is -0.394 e. The zero-order valence-electron chi connectivity index (χ0n) is 44.2. The SMILES string of the molecule is CCCCCCCCCCCCCCCCCCCCCCCCCCCCCCCC/C=C/C(O)C(COC1OC(CO)C(O)C(O)C1O)NC(=O)CCCCCCCCCCCCCC. The Kier molecular flexibility index (Phi) is 46.3. The lowest BCUT2D eigenvalue weighted by Gasteiger charge is -2.40. The third-order valence-corrected chi connectivity index (χ3v) is 14.4. The zero-order valence-corrected chi connectivity index (χ0v) is 44.2. The molecule has 0 aromatic heterocycles. The van der Waals surface area contributed by atoms with Crippen LogP contribution in [0.2, 0.25) is 0 Å². The first-order valence-electron chi connectivity index (χ1n) is 29.4. The minimum atomic E-state index is -1.56. The van der Waals surface area contributed by atoms with Crippen molar-refractivity contribution in [1.82, 2.24) is 5.32 Å². The molecular weight excluding hydrogens is 839 g/mol. The number of allylic oxidation sites excluding steroid dienone is 1. The highest BCUT2D eigenvalue weighted by Gasteiger charge is 2.44. The Morgan fingerprint density at radius 2 is 0.821 bits per heavy atom. The van der Waals surface area contributed by atoms with Gasteiger partial charge in [0.25, 0.3) is 0 Å². The van der Waals surface area contributed by atoms with Crippen LogP contribution in [-0.4, -0.2) is 87.5 Å². The standard InChI is InChI=1S/C58H113NO8/c1-3-5-7-9-11-13-15-17-18-19-20-21-22-23-24-25-26-27-28-29-30-31-32-33-34-35-36-37-39-41-43-45-47-52(61)51(50-66-58-57(65)56(64)55(63)53(49-60)67-58)59-54(62)48-46-44-42-40-38-16-14-12-10-8-6-4-2/h45,47,51-53,55-58,60-61,63-65H,3-44,46,48-50H2,1-2H3,(H,59,62)/b47-45+. The van der Waals surface area contributed by atoms with Crippen molar-refractivity contribution >= 4 is 5.91 Å². The normalized spacial score (nSPS) is 19.7. The van der Waals surface area contributed by atoms with E-state index in [1.807, 2.05) is 6.08 Å². The van der Waals surface area contributed by atoms with Gasteiger partial charge in [-0.2, -0.15) is 0 Å². The van der Waals surface area contributed by atoms with Gasteiger partial charge in [0.15, 0.2) is 6.29 Å². The Morgan fingerprint density at radius 1 is 0.493 bits per heavy atom. The van der Waals surface area contributed by atoms with Gasteiger partial charge in [-0.15, -0.1) is 0 Å². The van der Waals surface area contributed by atoms with Gasteiger partial charge in [-0.05, 0) is 19.3 Å². The Morgan fingerprint density at radius 3 is 1.16 bits per heavy atom. The highest BCUT2D eigenvalue weighted by atomic mass is 16.7. The predicted octanol–water partition coefficient (Wildman–Crippen LogP) is 14.4. The van der Waals surface area contributed by atoms with E-state index in [4.69, 9.17) is 9.47 Å². The molecule has 67 heavy (non-hydrogen) atoms. The highest BCUT2D eigenvalue weighted by molar-refractivity contribution is 5.76. The molecule has 0 radical (unpaired) electrons. The van der Waals surface area contributed by atoms with E-state index in [1.54, 1.807) is 6.08 Å². The molecule has 1 amide bonds. The number of hydrogen-bond acceptors (Lipinski definition) is 8. The summed E-state index contributed by atoms with van der Waals surface area (Å²) in [6, 6.07) is -0.799. The molecule has 1 aliphatic heterocycles. The number of aliphatic hydroxyl groups excluding tert-OH is 5. The van der Waals surface area contributed by atoms with Crippen LogP contribution in [0.25, 0.3) is 0 Å². The van der Waals surface area contributed by atoms with E-state index in [9.17, 15) is 30.3 Å². The number of carbonyl (C=O) groups is 1. The van der Waals surface area contributed by atoms with Crippen molar-refractivity contribution in [3.8, 4) is 0 Å². The quantitative estimate of drug-likeness (QED) is 0.0261. The maximum Gasteiger partial charge on any atom is 0.220 e. The minimum absolute atomic E-state index is 0.173. The van der Waals surface area contributed by atoms with Crippen LogP contribution in [0.1, 0.15) is 296 Å². The largest absolute Gasteiger partial charge is 0.394 e. The molecule has 1 fully saturated rings. The Bertz CT molecular complexity index is 1060. The third kappa shape index (κ3) is 38.3. The molecule has 7 unspecified atom stereocenters. The van der Waals surface area contributed by atoms with Crippen LogP contribution in [0, 0.1) is 0 Å². The Balaban J connectivity index is 2.11. The van der Waals surface area contributed by atoms with Crippen LogP contribution >= 0.6 is 0 Å². The maximum absolute atomic E-state index is 13.0. The first kappa shape index (κ1) is 63.9. The van der Waals surface area contributed by atoms with Crippen molar-refractivity contribution in [3.63, 3.8) is 0 Å². The van der Waals surface area contributed by atoms with Crippen LogP contribution in [0.5, 0.6) is 0 Å². The molecule has 9 heteroatoms. The van der Waals surface area contributed by atoms with Gasteiger partial charge >= 0.3 is 0 Å². The molecule has 0 bridgehead atoms. The van der Waals surface area contributed by atoms with Crippen molar-refractivity contribution in [1.29, 1.82) is 0 Å². The van der Waals surface area contributed by atoms with Gasteiger partial charge in [-0.1, -0.05) is 283 Å². The molecule has 6 N–H and O–H groups in total. The lowest BCUT2D eigenvalue weighted by molar-refractivity contribution is -0.302. The van der Waals surface area contributed by atoms with E-state index in [2.05, 4.69) is 19.2 Å². The highest BCUT2D eigenvalue weighted by Crippen LogP contribution is 2.23. The second kappa shape index (κ2) is 48.6. The molecule has 1 rings (SSSR count). The van der Waals surface area contributed by atoms with Gasteiger partial charge in [-0.25, -0.2) is 0 Å². The summed E-state index contributed by atoms with van der Waals surface area (Å²) in [5, 5.41) is 54.4. The summed E-state index contributed by atoms with van der Waals surface area (Å²) >= 11 is 0. The molecule has 0 spiro atoms. The second-order valence-corrected chi connectivity index (χ2v) is 20.8. The number of ether oxygens (including phenoxy) is 2. The Hall–Kier alpha value is -1.07. The summed E-state index contributed by atoms with van der Waals surface area (Å²) in [5.41, 5.74) is 0. The zero-order chi connectivity index (χ0) is 48.7. The van der Waals surface area contributed by atoms with Crippen molar-refractivity contribution in [3.05, 3.63) is 12.2 Å². The van der Waals surface area contributed by atoms with Crippen LogP contribution in [0.4, 0.5) is 0 Å². The van der Waals surface area contributed by atoms with Crippen LogP contribution < -0.4 is 5.32 Å². The van der Waals surface area contributed by atoms with Gasteiger partial charge < -0.3 is 40.3 Å². The van der Waals surface area contributed by atoms with Gasteiger partial charge in [0, 0.05) is 6.42 Å². The van der Waals surface area contributed by atoms with Gasteiger partial charge in [-0.3, -0.25) is 4.79 Å². The molecule has 1 saturated heterocycles. The predicted molar refractivity (Wildman–Crippen MR) is 281 cm³/mol. The number of unbranched alkanes of at least 4 members (excludes halogenated alkanes) is 41. The van der Waals surface area contributed by atoms with E-state index >= 15 is 0 Å². The molecular formula is C58H113NO8. The Labute approximate surface area is 414 Å². The summed E-state index contributed by atoms with van der Waals surface area (Å²) in [6.45, 7) is 3.80. The summed E-state index contributed by atoms with van der Waals surface area (Å²) in [4.78, 5) is 13.0. The van der Waals surface area contributed by atoms with E-state index < -0.39 is 49.5 Å². The average Bonchev–Trinajstić information content (AvgIpc) is 3.33. The summed E-state index contributed by atoms with van der Waals surface area (Å²) in [5.74, 6) is -0.173. The van der Waals surface area contributed by atoms with Crippen LogP contribution in [0.3, 0.4) is 0 Å². The smallest absolute Gasteiger partial charge is 0.220 e. The number of amides is 1. The van der Waals surface area contributed by atoms with E-state index in [0.717, 1.165) is 38.5 Å². The fourth-order valence-electron chi connectivity index (χ4n) is 9.69. The second-order valence-electron chi connectivity index (χ2n) is 20.8. The first-order valence-corrected chi connectivity index (χ1v) is 29.4. The van der Waals surface area contributed by atoms with Gasteiger partial charge in [0.05, 0.1) is 25.4 Å². The topological polar surface area (TPSA) is 149 Å². The monoisotopic (exact) mass is 952 g/mol. The first-order chi connectivity index (χ1) is 32.8. The molecule has 1 heterocycles. The lowest BCUT2D eigenvalue weighted by atomic mass is 9.99. The molecule has 0 aliphatic carbocycles. The van der Waals surface area contributed by atoms with Crippen molar-refractivity contribution < 1.29 is 39.8 Å². The summed E-state index contributed by atoms with van der Waals surface area (Å²) < 4.78 is 11.3. The van der Waals surface area contributed by atoms with Gasteiger partial charge in [0.2, 0.25) is 5.91 Å². The fraction of sp³-hybridized carbons (Fsp3) is 0.948. The van der Waals surface area contributed by atoms with Crippen molar-refractivity contribution in [2.24, 2.45) is 0 Å². The molecule has 9 nitrogen and oxygen atoms in total. The van der Waals surface area contributed by atoms with Crippen LogP contribution in [0.15, 0.2) is 12.2 Å². The number of aliphatic hydroxyl groups is 5. The lowest BCUT2D eigenvalue weighted by Crippen LogP contribution is -2.60. The van der Waals surface area contributed by atoms with E-state index in [1.165, 1.54) is 238 Å². The molecule has 7 atom stereocenters. The number of carbonyl (C=O) groups excluding carboxylic acids is 1. The molecule has 0 aromatic carbocycles. The maximum atomic E-state index is 13.0. The molecule has 398 valence electrons. The number of hydrogen-bond donors (Lipinski definition) is 6. The van der Waals surface area contributed by atoms with Gasteiger partial charge in [0.1, 0.15) is 24.4 Å². The van der Waals surface area contributed by atoms with Crippen molar-refractivity contribution in [2.45, 2.75) is 339 Å². The van der Waals surface area contributed by atoms with E-state index in [-0.39, 0.29) is 12.5 Å². The number of nitrogens with one attached hydrogen (secondary N) is 1. The third-order valence-electron chi connectivity index (χ3n) is 14.4. The molecule has 1 aliphatic rings. The van der Waals surface area contributed by atoms with E-state index in [0.29, 0.717) is 6.42 Å². The fourth-order valence-corrected chi connectivity index (χ4v) is 9.69. The van der Waals surface area contributed by atoms with Crippen molar-refractivity contribution in [2.75, 3.05) is 13.2 Å².